The first-order valence-corrected chi connectivity index (χ1v) is 11.7. The van der Waals surface area contributed by atoms with Crippen LogP contribution in [0.15, 0.2) is 6.07 Å². The molecule has 1 aromatic rings. The van der Waals surface area contributed by atoms with Crippen LogP contribution in [0.25, 0.3) is 0 Å². The van der Waals surface area contributed by atoms with E-state index in [2.05, 4.69) is 6.92 Å². The predicted octanol–water partition coefficient (Wildman–Crippen LogP) is 2.52. The van der Waals surface area contributed by atoms with E-state index >= 15 is 0 Å². The maximum atomic E-state index is 13.0. The molecule has 2 aliphatic rings. The van der Waals surface area contributed by atoms with Crippen molar-refractivity contribution in [3.05, 3.63) is 17.2 Å². The summed E-state index contributed by atoms with van der Waals surface area (Å²) < 4.78 is 29.5. The van der Waals surface area contributed by atoms with E-state index in [0.29, 0.717) is 17.1 Å². The number of hydrogen-bond donors (Lipinski definition) is 3. The van der Waals surface area contributed by atoms with Gasteiger partial charge in [0.1, 0.15) is 24.4 Å². The highest BCUT2D eigenvalue weighted by molar-refractivity contribution is 5.95. The lowest BCUT2D eigenvalue weighted by atomic mass is 9.86. The quantitative estimate of drug-likeness (QED) is 0.444. The van der Waals surface area contributed by atoms with Gasteiger partial charge >= 0.3 is 5.97 Å². The van der Waals surface area contributed by atoms with Crippen molar-refractivity contribution in [3.63, 3.8) is 0 Å². The largest absolute Gasteiger partial charge is 0.490 e. The molecule has 0 radical (unpaired) electrons. The van der Waals surface area contributed by atoms with Crippen LogP contribution in [-0.2, 0) is 9.47 Å². The average molecular weight is 469 g/mol. The van der Waals surface area contributed by atoms with Crippen molar-refractivity contribution < 1.29 is 43.8 Å². The molecular weight excluding hydrogens is 432 g/mol. The van der Waals surface area contributed by atoms with Crippen LogP contribution >= 0.6 is 0 Å². The Morgan fingerprint density at radius 3 is 2.24 bits per heavy atom. The van der Waals surface area contributed by atoms with Gasteiger partial charge in [-0.25, -0.2) is 4.79 Å². The molecule has 33 heavy (non-hydrogen) atoms. The summed E-state index contributed by atoms with van der Waals surface area (Å²) in [5, 5.41) is 30.6. The molecule has 0 aliphatic carbocycles. The number of methoxy groups -OCH3 is 1. The molecular formula is C24H36O9. The van der Waals surface area contributed by atoms with Gasteiger partial charge in [-0.15, -0.1) is 0 Å². The summed E-state index contributed by atoms with van der Waals surface area (Å²) in [6, 6.07) is 1.55. The summed E-state index contributed by atoms with van der Waals surface area (Å²) in [5.74, 6) is 0.257. The minimum absolute atomic E-state index is 0.128. The summed E-state index contributed by atoms with van der Waals surface area (Å²) in [6.45, 7) is 7.43. The van der Waals surface area contributed by atoms with Gasteiger partial charge in [0.25, 0.3) is 0 Å². The Morgan fingerprint density at radius 2 is 1.67 bits per heavy atom. The highest BCUT2D eigenvalue weighted by atomic mass is 16.6. The molecule has 0 saturated carbocycles. The van der Waals surface area contributed by atoms with E-state index in [1.165, 1.54) is 7.11 Å². The Balaban J connectivity index is 2.17. The number of hydrogen-bond acceptors (Lipinski definition) is 9. The van der Waals surface area contributed by atoms with E-state index in [1.807, 2.05) is 20.8 Å². The van der Waals surface area contributed by atoms with Gasteiger partial charge in [0, 0.05) is 5.56 Å². The molecule has 3 N–H and O–H groups in total. The molecule has 0 amide bonds. The molecule has 2 heterocycles. The van der Waals surface area contributed by atoms with Gasteiger partial charge in [-0.05, 0) is 32.8 Å². The normalized spacial score (nSPS) is 28.2. The van der Waals surface area contributed by atoms with Crippen molar-refractivity contribution >= 4 is 5.97 Å². The van der Waals surface area contributed by atoms with Gasteiger partial charge < -0.3 is 39.0 Å². The van der Waals surface area contributed by atoms with E-state index in [0.717, 1.165) is 25.7 Å². The lowest BCUT2D eigenvalue weighted by Gasteiger charge is -2.45. The highest BCUT2D eigenvalue weighted by Gasteiger charge is 2.52. The minimum atomic E-state index is -1.44. The van der Waals surface area contributed by atoms with Crippen LogP contribution in [0.4, 0.5) is 0 Å². The monoisotopic (exact) mass is 468 g/mol. The number of fused-ring (bicyclic) bond motifs is 3. The summed E-state index contributed by atoms with van der Waals surface area (Å²) in [7, 11) is 1.49. The van der Waals surface area contributed by atoms with Crippen molar-refractivity contribution in [2.75, 3.05) is 13.7 Å². The summed E-state index contributed by atoms with van der Waals surface area (Å²) in [5.41, 5.74) is 0.533. The zero-order valence-corrected chi connectivity index (χ0v) is 19.9. The molecule has 3 rings (SSSR count). The summed E-state index contributed by atoms with van der Waals surface area (Å²) in [6.07, 6.45) is -2.99. The molecule has 2 aliphatic heterocycles. The second-order valence-corrected chi connectivity index (χ2v) is 8.76. The van der Waals surface area contributed by atoms with E-state index in [4.69, 9.17) is 23.7 Å². The standard InChI is InChI=1S/C24H36O9/c1-6-8-12(3)30-15-10-14-17(21(20(15)29-5)31-13(4)9-7-2)22-23(33-24(14)28)19(27)18(26)16(11-25)32-22/h10,12-13,16,18-19,22-23,25-27H,6-9,11H2,1-5H3/t12?,13?,16-,18-,19+,22+,23-/m1/s1. The van der Waals surface area contributed by atoms with Crippen LogP contribution in [0, 0.1) is 0 Å². The molecule has 0 bridgehead atoms. The third kappa shape index (κ3) is 5.06. The number of esters is 1. The number of carbonyl (C=O) groups is 1. The van der Waals surface area contributed by atoms with Crippen molar-refractivity contribution in [1.29, 1.82) is 0 Å². The zero-order chi connectivity index (χ0) is 24.3. The van der Waals surface area contributed by atoms with Gasteiger partial charge in [-0.1, -0.05) is 26.7 Å². The maximum absolute atomic E-state index is 13.0. The molecule has 1 aromatic carbocycles. The first-order valence-electron chi connectivity index (χ1n) is 11.7. The molecule has 7 atom stereocenters. The Hall–Kier alpha value is -2.07. The zero-order valence-electron chi connectivity index (χ0n) is 19.9. The van der Waals surface area contributed by atoms with Gasteiger partial charge in [-0.2, -0.15) is 0 Å². The predicted molar refractivity (Wildman–Crippen MR) is 119 cm³/mol. The van der Waals surface area contributed by atoms with Crippen LogP contribution in [0.5, 0.6) is 17.2 Å². The van der Waals surface area contributed by atoms with Crippen molar-refractivity contribution in [2.45, 2.75) is 96.1 Å². The number of carbonyl (C=O) groups excluding carboxylic acids is 1. The average Bonchev–Trinajstić information content (AvgIpc) is 2.77. The molecule has 0 aromatic heterocycles. The number of benzene rings is 1. The number of aliphatic hydroxyl groups excluding tert-OH is 3. The fourth-order valence-corrected chi connectivity index (χ4v) is 4.47. The van der Waals surface area contributed by atoms with E-state index in [-0.39, 0.29) is 23.5 Å². The van der Waals surface area contributed by atoms with Crippen molar-refractivity contribution in [1.82, 2.24) is 0 Å². The summed E-state index contributed by atoms with van der Waals surface area (Å²) in [4.78, 5) is 13.0. The van der Waals surface area contributed by atoms with Gasteiger partial charge in [0.05, 0.1) is 31.5 Å². The molecule has 186 valence electrons. The molecule has 1 fully saturated rings. The molecule has 0 spiro atoms. The molecule has 2 unspecified atom stereocenters. The van der Waals surface area contributed by atoms with E-state index < -0.39 is 43.1 Å². The Labute approximate surface area is 194 Å². The van der Waals surface area contributed by atoms with Crippen LogP contribution < -0.4 is 14.2 Å². The van der Waals surface area contributed by atoms with E-state index in [1.54, 1.807) is 6.07 Å². The fourth-order valence-electron chi connectivity index (χ4n) is 4.47. The highest BCUT2D eigenvalue weighted by Crippen LogP contribution is 2.51. The lowest BCUT2D eigenvalue weighted by molar-refractivity contribution is -0.235. The molecule has 9 heteroatoms. The second kappa shape index (κ2) is 10.9. The molecule has 9 nitrogen and oxygen atoms in total. The van der Waals surface area contributed by atoms with Crippen LogP contribution in [0.2, 0.25) is 0 Å². The van der Waals surface area contributed by atoms with E-state index in [9.17, 15) is 20.1 Å². The van der Waals surface area contributed by atoms with Gasteiger partial charge in [0.2, 0.25) is 5.75 Å². The Kier molecular flexibility index (Phi) is 8.44. The Morgan fingerprint density at radius 1 is 1.03 bits per heavy atom. The fraction of sp³-hybridized carbons (Fsp3) is 0.708. The van der Waals surface area contributed by atoms with Gasteiger partial charge in [0.15, 0.2) is 17.6 Å². The van der Waals surface area contributed by atoms with Crippen molar-refractivity contribution in [3.8, 4) is 17.2 Å². The Bertz CT molecular complexity index is 827. The van der Waals surface area contributed by atoms with Crippen molar-refractivity contribution in [2.24, 2.45) is 0 Å². The number of aliphatic hydroxyl groups is 3. The number of ether oxygens (including phenoxy) is 5. The summed E-state index contributed by atoms with van der Waals surface area (Å²) >= 11 is 0. The minimum Gasteiger partial charge on any atom is -0.490 e. The first kappa shape index (κ1) is 25.6. The topological polar surface area (TPSA) is 124 Å². The lowest BCUT2D eigenvalue weighted by Crippen LogP contribution is -2.58. The van der Waals surface area contributed by atoms with Crippen LogP contribution in [-0.4, -0.2) is 71.6 Å². The smallest absolute Gasteiger partial charge is 0.339 e. The SMILES string of the molecule is CCCC(C)Oc1cc2c(c(OC(C)CCC)c1OC)[C@@H]1O[C@H](CO)[C@@H](O)[C@H](O)[C@H]1OC2=O. The van der Waals surface area contributed by atoms with Crippen LogP contribution in [0.3, 0.4) is 0 Å². The molecule has 1 saturated heterocycles. The third-order valence-corrected chi connectivity index (χ3v) is 6.10. The maximum Gasteiger partial charge on any atom is 0.339 e. The second-order valence-electron chi connectivity index (χ2n) is 8.76. The first-order chi connectivity index (χ1) is 15.8. The third-order valence-electron chi connectivity index (χ3n) is 6.10. The van der Waals surface area contributed by atoms with Gasteiger partial charge in [-0.3, -0.25) is 0 Å². The van der Waals surface area contributed by atoms with Crippen LogP contribution in [0.1, 0.15) is 75.4 Å². The number of rotatable bonds is 10.